The van der Waals surface area contributed by atoms with E-state index in [1.165, 1.54) is 24.3 Å². The summed E-state index contributed by atoms with van der Waals surface area (Å²) in [5, 5.41) is 20.9. The van der Waals surface area contributed by atoms with E-state index in [0.29, 0.717) is 24.1 Å². The number of carbonyl (C=O) groups excluding carboxylic acids is 1. The fourth-order valence-electron chi connectivity index (χ4n) is 1.63. The summed E-state index contributed by atoms with van der Waals surface area (Å²) >= 11 is 0. The number of rotatable bonds is 6. The Hall–Kier alpha value is -2.24. The van der Waals surface area contributed by atoms with Crippen LogP contribution in [0.5, 0.6) is 5.75 Å². The molecular formula is C15H22N2O4. The van der Waals surface area contributed by atoms with E-state index in [1.807, 2.05) is 6.92 Å². The first-order chi connectivity index (χ1) is 9.81. The highest BCUT2D eigenvalue weighted by atomic mass is 16.4. The van der Waals surface area contributed by atoms with Crippen LogP contribution in [-0.4, -0.2) is 35.3 Å². The minimum atomic E-state index is -1.10. The maximum Gasteiger partial charge on any atom is 0.323 e. The number of carboxylic acids is 1. The first-order valence-corrected chi connectivity index (χ1v) is 6.87. The van der Waals surface area contributed by atoms with Crippen molar-refractivity contribution in [3.63, 3.8) is 0 Å². The number of amides is 2. The van der Waals surface area contributed by atoms with Gasteiger partial charge in [-0.1, -0.05) is 20.8 Å². The van der Waals surface area contributed by atoms with Crippen molar-refractivity contribution in [3.05, 3.63) is 24.3 Å². The summed E-state index contributed by atoms with van der Waals surface area (Å²) in [6.45, 7) is 6.18. The highest BCUT2D eigenvalue weighted by Crippen LogP contribution is 2.18. The Labute approximate surface area is 124 Å². The molecule has 2 amide bonds. The van der Waals surface area contributed by atoms with Gasteiger partial charge in [-0.25, -0.2) is 4.79 Å². The van der Waals surface area contributed by atoms with Gasteiger partial charge in [0.05, 0.1) is 0 Å². The molecule has 116 valence electrons. The number of aromatic hydroxyl groups is 1. The van der Waals surface area contributed by atoms with Crippen LogP contribution >= 0.6 is 0 Å². The lowest BCUT2D eigenvalue weighted by atomic mass is 9.98. The molecule has 0 saturated carbocycles. The second-order valence-corrected chi connectivity index (χ2v) is 5.40. The second kappa shape index (κ2) is 7.52. The Kier molecular flexibility index (Phi) is 6.02. The van der Waals surface area contributed by atoms with Crippen molar-refractivity contribution in [2.24, 2.45) is 11.8 Å². The van der Waals surface area contributed by atoms with Crippen molar-refractivity contribution in [1.82, 2.24) is 5.32 Å². The molecule has 0 bridgehead atoms. The van der Waals surface area contributed by atoms with E-state index >= 15 is 0 Å². The molecule has 0 spiro atoms. The van der Waals surface area contributed by atoms with Crippen molar-refractivity contribution in [1.29, 1.82) is 0 Å². The Bertz CT molecular complexity index is 485. The zero-order valence-electron chi connectivity index (χ0n) is 12.5. The first-order valence-electron chi connectivity index (χ1n) is 6.87. The number of carbonyl (C=O) groups is 2. The highest BCUT2D eigenvalue weighted by Gasteiger charge is 2.19. The predicted octanol–water partition coefficient (Wildman–Crippen LogP) is 2.28. The predicted molar refractivity (Wildman–Crippen MR) is 80.5 cm³/mol. The van der Waals surface area contributed by atoms with Crippen LogP contribution in [0.25, 0.3) is 0 Å². The monoisotopic (exact) mass is 294 g/mol. The molecule has 0 aromatic heterocycles. The minimum Gasteiger partial charge on any atom is -0.508 e. The first kappa shape index (κ1) is 16.8. The van der Waals surface area contributed by atoms with Crippen molar-refractivity contribution in [3.8, 4) is 5.75 Å². The zero-order valence-corrected chi connectivity index (χ0v) is 12.5. The fourth-order valence-corrected chi connectivity index (χ4v) is 1.63. The summed E-state index contributed by atoms with van der Waals surface area (Å²) in [5.74, 6) is -0.328. The van der Waals surface area contributed by atoms with Crippen LogP contribution in [0.1, 0.15) is 20.8 Å². The average molecular weight is 294 g/mol. The van der Waals surface area contributed by atoms with E-state index in [9.17, 15) is 14.7 Å². The standard InChI is InChI=1S/C15H22N2O4/c1-10(2)11(3)8-16-15(21)17(9-14(19)20)12-4-6-13(18)7-5-12/h4-7,10-11,18H,8-9H2,1-3H3,(H,16,21)(H,19,20). The Morgan fingerprint density at radius 3 is 2.24 bits per heavy atom. The van der Waals surface area contributed by atoms with Crippen molar-refractivity contribution in [2.45, 2.75) is 20.8 Å². The molecule has 1 aromatic rings. The van der Waals surface area contributed by atoms with E-state index in [0.717, 1.165) is 4.90 Å². The minimum absolute atomic E-state index is 0.0582. The highest BCUT2D eigenvalue weighted by molar-refractivity contribution is 5.96. The molecule has 0 aliphatic rings. The summed E-state index contributed by atoms with van der Waals surface area (Å²) in [7, 11) is 0. The van der Waals surface area contributed by atoms with Gasteiger partial charge in [0, 0.05) is 12.2 Å². The summed E-state index contributed by atoms with van der Waals surface area (Å²) in [5.41, 5.74) is 0.421. The number of urea groups is 1. The number of phenolic OH excluding ortho intramolecular Hbond substituents is 1. The van der Waals surface area contributed by atoms with Crippen LogP contribution in [0.3, 0.4) is 0 Å². The molecule has 0 heterocycles. The maximum absolute atomic E-state index is 12.2. The smallest absolute Gasteiger partial charge is 0.323 e. The molecule has 1 rings (SSSR count). The quantitative estimate of drug-likeness (QED) is 0.751. The van der Waals surface area contributed by atoms with Gasteiger partial charge >= 0.3 is 12.0 Å². The molecule has 0 saturated heterocycles. The SMILES string of the molecule is CC(C)C(C)CNC(=O)N(CC(=O)O)c1ccc(O)cc1. The Balaban J connectivity index is 2.79. The number of anilines is 1. The fraction of sp³-hybridized carbons (Fsp3) is 0.467. The summed E-state index contributed by atoms with van der Waals surface area (Å²) < 4.78 is 0. The number of hydrogen-bond donors (Lipinski definition) is 3. The van der Waals surface area contributed by atoms with Gasteiger partial charge in [-0.2, -0.15) is 0 Å². The number of nitrogens with one attached hydrogen (secondary N) is 1. The van der Waals surface area contributed by atoms with E-state index in [-0.39, 0.29) is 5.75 Å². The lowest BCUT2D eigenvalue weighted by molar-refractivity contribution is -0.135. The number of benzene rings is 1. The molecule has 1 atom stereocenters. The molecule has 1 unspecified atom stereocenters. The molecule has 0 aliphatic carbocycles. The molecule has 3 N–H and O–H groups in total. The third-order valence-electron chi connectivity index (χ3n) is 3.41. The second-order valence-electron chi connectivity index (χ2n) is 5.40. The number of aliphatic carboxylic acids is 1. The lowest BCUT2D eigenvalue weighted by Crippen LogP contribution is -2.44. The molecule has 0 fully saturated rings. The summed E-state index contributed by atoms with van der Waals surface area (Å²) in [6, 6.07) is 5.37. The van der Waals surface area contributed by atoms with Gasteiger partial charge in [-0.15, -0.1) is 0 Å². The van der Waals surface area contributed by atoms with Crippen LogP contribution in [0.2, 0.25) is 0 Å². The third-order valence-corrected chi connectivity index (χ3v) is 3.41. The maximum atomic E-state index is 12.2. The van der Waals surface area contributed by atoms with Gasteiger partial charge in [-0.05, 0) is 36.1 Å². The van der Waals surface area contributed by atoms with Crippen LogP contribution < -0.4 is 10.2 Å². The Morgan fingerprint density at radius 1 is 1.19 bits per heavy atom. The molecule has 6 nitrogen and oxygen atoms in total. The number of nitrogens with zero attached hydrogens (tertiary/aromatic N) is 1. The van der Waals surface area contributed by atoms with Gasteiger partial charge in [0.15, 0.2) is 0 Å². The van der Waals surface area contributed by atoms with Crippen LogP contribution in [0.4, 0.5) is 10.5 Å². The van der Waals surface area contributed by atoms with Crippen molar-refractivity contribution >= 4 is 17.7 Å². The van der Waals surface area contributed by atoms with Crippen LogP contribution in [-0.2, 0) is 4.79 Å². The summed E-state index contributed by atoms with van der Waals surface area (Å²) in [6.07, 6.45) is 0. The largest absolute Gasteiger partial charge is 0.508 e. The summed E-state index contributed by atoms with van der Waals surface area (Å²) in [4.78, 5) is 24.2. The van der Waals surface area contributed by atoms with Crippen LogP contribution in [0.15, 0.2) is 24.3 Å². The molecule has 0 radical (unpaired) electrons. The van der Waals surface area contributed by atoms with E-state index in [2.05, 4.69) is 19.2 Å². The van der Waals surface area contributed by atoms with Crippen molar-refractivity contribution < 1.29 is 19.8 Å². The normalized spacial score (nSPS) is 12.0. The average Bonchev–Trinajstić information content (AvgIpc) is 2.42. The number of carboxylic acid groups (broad SMARTS) is 1. The number of phenols is 1. The van der Waals surface area contributed by atoms with E-state index in [1.54, 1.807) is 0 Å². The van der Waals surface area contributed by atoms with Gasteiger partial charge in [0.25, 0.3) is 0 Å². The van der Waals surface area contributed by atoms with Crippen LogP contribution in [0, 0.1) is 11.8 Å². The van der Waals surface area contributed by atoms with E-state index in [4.69, 9.17) is 5.11 Å². The molecule has 21 heavy (non-hydrogen) atoms. The zero-order chi connectivity index (χ0) is 16.0. The topological polar surface area (TPSA) is 89.9 Å². The van der Waals surface area contributed by atoms with Gasteiger partial charge in [-0.3, -0.25) is 9.69 Å². The third kappa shape index (κ3) is 5.33. The lowest BCUT2D eigenvalue weighted by Gasteiger charge is -2.23. The molecular weight excluding hydrogens is 272 g/mol. The molecule has 0 aliphatic heterocycles. The van der Waals surface area contributed by atoms with Gasteiger partial charge in [0.1, 0.15) is 12.3 Å². The Morgan fingerprint density at radius 2 is 1.76 bits per heavy atom. The van der Waals surface area contributed by atoms with Gasteiger partial charge < -0.3 is 15.5 Å². The number of hydrogen-bond acceptors (Lipinski definition) is 3. The van der Waals surface area contributed by atoms with E-state index < -0.39 is 18.5 Å². The molecule has 6 heteroatoms. The van der Waals surface area contributed by atoms with Crippen molar-refractivity contribution in [2.75, 3.05) is 18.0 Å². The van der Waals surface area contributed by atoms with Gasteiger partial charge in [0.2, 0.25) is 0 Å². The molecule has 1 aromatic carbocycles.